The molecule has 0 aliphatic carbocycles. The fourth-order valence-electron chi connectivity index (χ4n) is 14.2. The van der Waals surface area contributed by atoms with Gasteiger partial charge in [0.1, 0.15) is 0 Å². The maximum Gasteiger partial charge on any atom is 0.238 e. The van der Waals surface area contributed by atoms with Gasteiger partial charge in [0, 0.05) is 76.7 Å². The molecule has 0 saturated heterocycles. The lowest BCUT2D eigenvalue weighted by Gasteiger charge is -2.12. The maximum absolute atomic E-state index is 5.42. The second kappa shape index (κ2) is 21.4. The number of fused-ring (bicyclic) bond motifs is 12. The van der Waals surface area contributed by atoms with Crippen LogP contribution in [0.3, 0.4) is 0 Å². The third-order valence-corrected chi connectivity index (χ3v) is 18.5. The molecule has 0 saturated carbocycles. The molecule has 0 unspecified atom stereocenters. The molecule has 19 aromatic rings. The summed E-state index contributed by atoms with van der Waals surface area (Å²) in [7, 11) is 0. The second-order valence-corrected chi connectivity index (χ2v) is 23.9. The van der Waals surface area contributed by atoms with Crippen molar-refractivity contribution in [3.63, 3.8) is 0 Å². The fraction of sp³-hybridized carbons (Fsp3) is 0. The Labute approximate surface area is 538 Å². The summed E-state index contributed by atoms with van der Waals surface area (Å²) in [6.07, 6.45) is 0. The van der Waals surface area contributed by atoms with E-state index in [0.29, 0.717) is 35.2 Å². The van der Waals surface area contributed by atoms with Crippen molar-refractivity contribution in [2.24, 2.45) is 0 Å². The minimum absolute atomic E-state index is 0.542. The normalized spacial score (nSPS) is 11.8. The molecule has 6 aromatic heterocycles. The van der Waals surface area contributed by atoms with Crippen molar-refractivity contribution in [1.29, 1.82) is 0 Å². The summed E-state index contributed by atoms with van der Waals surface area (Å²) in [5.41, 5.74) is 18.8. The Balaban J connectivity index is 0.710. The first-order valence-electron chi connectivity index (χ1n) is 31.6. The van der Waals surface area contributed by atoms with Gasteiger partial charge >= 0.3 is 0 Å². The predicted molar refractivity (Wildman–Crippen MR) is 383 cm³/mol. The van der Waals surface area contributed by atoms with Crippen LogP contribution in [0.15, 0.2) is 315 Å². The van der Waals surface area contributed by atoms with Gasteiger partial charge in [-0.2, -0.15) is 19.9 Å². The zero-order chi connectivity index (χ0) is 61.8. The highest BCUT2D eigenvalue weighted by atomic mass is 15.2. The molecule has 19 rings (SSSR count). The highest BCUT2D eigenvalue weighted by Gasteiger charge is 2.23. The van der Waals surface area contributed by atoms with Crippen LogP contribution >= 0.6 is 0 Å². The van der Waals surface area contributed by atoms with Gasteiger partial charge < -0.3 is 9.13 Å². The van der Waals surface area contributed by atoms with Crippen molar-refractivity contribution in [2.45, 2.75) is 0 Å². The molecule has 0 amide bonds. The largest absolute Gasteiger partial charge is 0.309 e. The monoisotopic (exact) mass is 1200 g/mol. The third-order valence-electron chi connectivity index (χ3n) is 18.5. The Kier molecular flexibility index (Phi) is 12.0. The maximum atomic E-state index is 5.42. The van der Waals surface area contributed by atoms with E-state index in [1.165, 1.54) is 21.8 Å². The van der Waals surface area contributed by atoms with E-state index in [4.69, 9.17) is 29.9 Å². The van der Waals surface area contributed by atoms with Gasteiger partial charge in [-0.15, -0.1) is 0 Å². The molecule has 0 radical (unpaired) electrons. The molecular formula is C84H52N10. The molecule has 0 N–H and O–H groups in total. The van der Waals surface area contributed by atoms with Gasteiger partial charge in [-0.3, -0.25) is 9.13 Å². The standard InChI is InChI=1S/C84H52N10/c1-5-22-53(23-6-1)79-85-80(54-24-7-2-8-25-54)88-83(87-79)94-74-39-20-16-35-66(74)70-52-62(43-47-78(70)94)92-72-37-18-14-33-64(72)68-49-57(40-45-76(68)92)56-28-21-29-60(48-56)82-86-81(55-26-9-3-10-27-55)89-84(90-82)93-73-38-19-15-34-65(73)69-51-59(42-46-77(69)93)58-41-44-75-67(50-58)63-32-13-17-36-71(63)91(75)61-30-11-4-12-31-61/h1-52H. The zero-order valence-electron chi connectivity index (χ0n) is 50.5. The lowest BCUT2D eigenvalue weighted by atomic mass is 10.0. The van der Waals surface area contributed by atoms with Crippen LogP contribution in [0.25, 0.3) is 178 Å². The zero-order valence-corrected chi connectivity index (χ0v) is 50.5. The number of nitrogens with zero attached hydrogens (tertiary/aromatic N) is 10. The van der Waals surface area contributed by atoms with Crippen molar-refractivity contribution < 1.29 is 0 Å². The van der Waals surface area contributed by atoms with Crippen molar-refractivity contribution in [1.82, 2.24) is 48.2 Å². The van der Waals surface area contributed by atoms with E-state index < -0.39 is 0 Å². The number of benzene rings is 13. The molecule has 0 aliphatic rings. The van der Waals surface area contributed by atoms with Gasteiger partial charge in [0.2, 0.25) is 11.9 Å². The van der Waals surface area contributed by atoms with Crippen molar-refractivity contribution in [3.8, 4) is 91.1 Å². The van der Waals surface area contributed by atoms with Crippen LogP contribution in [0.1, 0.15) is 0 Å². The summed E-state index contributed by atoms with van der Waals surface area (Å²) in [6, 6.07) is 111. The van der Waals surface area contributed by atoms with Gasteiger partial charge in [-0.05, 0) is 119 Å². The Morgan fingerprint density at radius 3 is 0.872 bits per heavy atom. The Morgan fingerprint density at radius 1 is 0.160 bits per heavy atom. The Morgan fingerprint density at radius 2 is 0.447 bits per heavy atom. The van der Waals surface area contributed by atoms with Gasteiger partial charge in [0.15, 0.2) is 23.3 Å². The third kappa shape index (κ3) is 8.58. The van der Waals surface area contributed by atoms with Crippen LogP contribution in [0, 0.1) is 0 Å². The van der Waals surface area contributed by atoms with E-state index in [2.05, 4.69) is 255 Å². The molecule has 0 fully saturated rings. The quantitative estimate of drug-likeness (QED) is 0.135. The number of hydrogen-bond donors (Lipinski definition) is 0. The summed E-state index contributed by atoms with van der Waals surface area (Å²) in [6.45, 7) is 0. The summed E-state index contributed by atoms with van der Waals surface area (Å²) in [5, 5.41) is 9.16. The van der Waals surface area contributed by atoms with Crippen LogP contribution in [0.2, 0.25) is 0 Å². The average Bonchev–Trinajstić information content (AvgIpc) is 1.59. The molecule has 0 spiro atoms. The highest BCUT2D eigenvalue weighted by molar-refractivity contribution is 6.15. The van der Waals surface area contributed by atoms with E-state index in [-0.39, 0.29) is 0 Å². The van der Waals surface area contributed by atoms with Gasteiger partial charge in [-0.25, -0.2) is 9.97 Å². The molecule has 438 valence electrons. The number of rotatable bonds is 10. The number of aromatic nitrogens is 10. The van der Waals surface area contributed by atoms with Crippen molar-refractivity contribution in [3.05, 3.63) is 315 Å². The SMILES string of the molecule is c1ccc(-c2nc(-c3cccc(-c4ccc5c(c4)c4ccccc4n5-c4ccc5c(c4)c4ccccc4n5-c4nc(-c5ccccc5)nc(-c5ccccc5)n4)c3)nc(-n3c4ccccc4c4cc(-c5ccc6c(c5)c5ccccc5n6-c5ccccc5)ccc43)n2)cc1. The molecular weight excluding hydrogens is 1150 g/mol. The first-order chi connectivity index (χ1) is 46.6. The van der Waals surface area contributed by atoms with Crippen molar-refractivity contribution >= 4 is 87.2 Å². The molecule has 0 bridgehead atoms. The Hall–Kier alpha value is -12.9. The average molecular weight is 1200 g/mol. The summed E-state index contributed by atoms with van der Waals surface area (Å²) in [5.74, 6) is 3.49. The molecule has 0 atom stereocenters. The van der Waals surface area contributed by atoms with E-state index in [0.717, 1.165) is 121 Å². The first-order valence-corrected chi connectivity index (χ1v) is 31.6. The van der Waals surface area contributed by atoms with Gasteiger partial charge in [0.05, 0.1) is 44.1 Å². The predicted octanol–water partition coefficient (Wildman–Crippen LogP) is 20.4. The Bertz CT molecular complexity index is 6170. The van der Waals surface area contributed by atoms with Crippen LogP contribution in [-0.2, 0) is 0 Å². The van der Waals surface area contributed by atoms with E-state index >= 15 is 0 Å². The lowest BCUT2D eigenvalue weighted by molar-refractivity contribution is 0.953. The smallest absolute Gasteiger partial charge is 0.238 e. The molecule has 0 aliphatic heterocycles. The number of hydrogen-bond acceptors (Lipinski definition) is 6. The van der Waals surface area contributed by atoms with E-state index in [1.807, 2.05) is 78.9 Å². The van der Waals surface area contributed by atoms with Gasteiger partial charge in [0.25, 0.3) is 0 Å². The molecule has 6 heterocycles. The topological polar surface area (TPSA) is 97.1 Å². The first kappa shape index (κ1) is 53.0. The fourth-order valence-corrected chi connectivity index (χ4v) is 14.2. The van der Waals surface area contributed by atoms with Crippen LogP contribution < -0.4 is 0 Å². The van der Waals surface area contributed by atoms with Gasteiger partial charge in [-0.1, -0.05) is 218 Å². The molecule has 10 nitrogen and oxygen atoms in total. The minimum Gasteiger partial charge on any atom is -0.309 e. The summed E-state index contributed by atoms with van der Waals surface area (Å²) >= 11 is 0. The minimum atomic E-state index is 0.542. The number of para-hydroxylation sites is 5. The van der Waals surface area contributed by atoms with Crippen LogP contribution in [0.5, 0.6) is 0 Å². The van der Waals surface area contributed by atoms with Crippen molar-refractivity contribution in [2.75, 3.05) is 0 Å². The van der Waals surface area contributed by atoms with E-state index in [9.17, 15) is 0 Å². The van der Waals surface area contributed by atoms with Crippen LogP contribution in [-0.4, -0.2) is 48.2 Å². The highest BCUT2D eigenvalue weighted by Crippen LogP contribution is 2.42. The molecule has 13 aromatic carbocycles. The lowest BCUT2D eigenvalue weighted by Crippen LogP contribution is -2.06. The summed E-state index contributed by atoms with van der Waals surface area (Å²) < 4.78 is 9.13. The second-order valence-electron chi connectivity index (χ2n) is 23.9. The molecule has 94 heavy (non-hydrogen) atoms. The van der Waals surface area contributed by atoms with Crippen LogP contribution in [0.4, 0.5) is 0 Å². The molecule has 10 heteroatoms. The van der Waals surface area contributed by atoms with E-state index in [1.54, 1.807) is 0 Å². The summed E-state index contributed by atoms with van der Waals surface area (Å²) in [4.78, 5) is 31.4.